The number of aryl methyl sites for hydroxylation is 1. The molecule has 0 atom stereocenters. The molecular formula is C21H22N6O3S. The largest absolute Gasteiger partial charge is 0.495 e. The molecule has 0 aliphatic carbocycles. The van der Waals surface area contributed by atoms with Gasteiger partial charge in [0, 0.05) is 16.9 Å². The smallest absolute Gasteiger partial charge is 0.277 e. The van der Waals surface area contributed by atoms with Gasteiger partial charge in [-0.05, 0) is 36.9 Å². The number of nitrogens with zero attached hydrogens (tertiary/aromatic N) is 3. The van der Waals surface area contributed by atoms with Crippen molar-refractivity contribution in [2.45, 2.75) is 26.3 Å². The van der Waals surface area contributed by atoms with Crippen molar-refractivity contribution in [3.63, 3.8) is 0 Å². The highest BCUT2D eigenvalue weighted by atomic mass is 32.1. The standard InChI is InChI=1S/C21H22N6O3S/c1-13-15(9-10-18(28)24-16-7-3-4-8-17(16)30-2)19(29)27-21(23-13)25-20(26-27)22-12-14-6-5-11-31-14/h3-8,11H,9-10,12H2,1-2H3,(H,24,28)(H2,22,23,25,26). The quantitative estimate of drug-likeness (QED) is 0.390. The topological polar surface area (TPSA) is 113 Å². The van der Waals surface area contributed by atoms with E-state index in [0.717, 1.165) is 4.88 Å². The summed E-state index contributed by atoms with van der Waals surface area (Å²) in [6.07, 6.45) is 0.401. The molecule has 4 rings (SSSR count). The van der Waals surface area contributed by atoms with E-state index in [-0.39, 0.29) is 24.3 Å². The van der Waals surface area contributed by atoms with Crippen LogP contribution in [0.25, 0.3) is 5.78 Å². The van der Waals surface area contributed by atoms with Gasteiger partial charge in [0.2, 0.25) is 11.9 Å². The summed E-state index contributed by atoms with van der Waals surface area (Å²) in [5.41, 5.74) is 1.36. The molecule has 10 heteroatoms. The molecule has 31 heavy (non-hydrogen) atoms. The van der Waals surface area contributed by atoms with Crippen molar-refractivity contribution in [2.24, 2.45) is 0 Å². The second kappa shape index (κ2) is 9.00. The summed E-state index contributed by atoms with van der Waals surface area (Å²) < 4.78 is 6.55. The molecule has 0 radical (unpaired) electrons. The molecule has 0 bridgehead atoms. The Labute approximate surface area is 182 Å². The lowest BCUT2D eigenvalue weighted by atomic mass is 10.1. The fourth-order valence-electron chi connectivity index (χ4n) is 3.20. The fourth-order valence-corrected chi connectivity index (χ4v) is 3.85. The molecule has 3 aromatic heterocycles. The highest BCUT2D eigenvalue weighted by molar-refractivity contribution is 7.09. The van der Waals surface area contributed by atoms with E-state index < -0.39 is 0 Å². The maximum Gasteiger partial charge on any atom is 0.277 e. The van der Waals surface area contributed by atoms with Crippen molar-refractivity contribution in [1.29, 1.82) is 0 Å². The SMILES string of the molecule is COc1ccccc1NC(=O)CCc1c(C)nc2nc(NCc3cccs3)[nH]n2c1=O. The van der Waals surface area contributed by atoms with E-state index in [1.165, 1.54) is 4.52 Å². The zero-order chi connectivity index (χ0) is 21.8. The summed E-state index contributed by atoms with van der Waals surface area (Å²) >= 11 is 1.64. The van der Waals surface area contributed by atoms with Crippen LogP contribution in [0.2, 0.25) is 0 Å². The van der Waals surface area contributed by atoms with E-state index in [4.69, 9.17) is 4.74 Å². The number of methoxy groups -OCH3 is 1. The van der Waals surface area contributed by atoms with Crippen molar-refractivity contribution < 1.29 is 9.53 Å². The van der Waals surface area contributed by atoms with Crippen molar-refractivity contribution in [2.75, 3.05) is 17.7 Å². The molecular weight excluding hydrogens is 416 g/mol. The van der Waals surface area contributed by atoms with Crippen LogP contribution in [0.4, 0.5) is 11.6 Å². The lowest BCUT2D eigenvalue weighted by Crippen LogP contribution is -2.23. The third-order valence-electron chi connectivity index (χ3n) is 4.79. The van der Waals surface area contributed by atoms with E-state index in [2.05, 4.69) is 25.7 Å². The first kappa shape index (κ1) is 20.6. The average molecular weight is 439 g/mol. The predicted molar refractivity (Wildman–Crippen MR) is 120 cm³/mol. The molecule has 0 fully saturated rings. The number of carbonyl (C=O) groups excluding carboxylic acids is 1. The number of fused-ring (bicyclic) bond motifs is 1. The maximum absolute atomic E-state index is 12.9. The molecule has 0 saturated carbocycles. The molecule has 160 valence electrons. The van der Waals surface area contributed by atoms with E-state index in [0.29, 0.717) is 41.0 Å². The monoisotopic (exact) mass is 438 g/mol. The zero-order valence-electron chi connectivity index (χ0n) is 17.1. The van der Waals surface area contributed by atoms with Crippen LogP contribution in [0.15, 0.2) is 46.6 Å². The summed E-state index contributed by atoms with van der Waals surface area (Å²) in [7, 11) is 1.55. The first-order valence-corrected chi connectivity index (χ1v) is 10.6. The van der Waals surface area contributed by atoms with Crippen LogP contribution in [-0.4, -0.2) is 32.6 Å². The average Bonchev–Trinajstić information content (AvgIpc) is 3.42. The van der Waals surface area contributed by atoms with Crippen molar-refractivity contribution in [3.05, 3.63) is 68.3 Å². The Morgan fingerprint density at radius 2 is 2.06 bits per heavy atom. The maximum atomic E-state index is 12.9. The summed E-state index contributed by atoms with van der Waals surface area (Å²) in [6.45, 7) is 2.35. The van der Waals surface area contributed by atoms with E-state index in [1.54, 1.807) is 37.5 Å². The van der Waals surface area contributed by atoms with Crippen LogP contribution in [0.5, 0.6) is 5.75 Å². The minimum Gasteiger partial charge on any atom is -0.495 e. The van der Waals surface area contributed by atoms with Gasteiger partial charge in [-0.3, -0.25) is 14.7 Å². The highest BCUT2D eigenvalue weighted by Crippen LogP contribution is 2.23. The number of ether oxygens (including phenoxy) is 1. The number of nitrogens with one attached hydrogen (secondary N) is 3. The van der Waals surface area contributed by atoms with Gasteiger partial charge in [0.25, 0.3) is 11.3 Å². The number of thiophene rings is 1. The number of anilines is 2. The predicted octanol–water partition coefficient (Wildman–Crippen LogP) is 2.98. The van der Waals surface area contributed by atoms with Crippen LogP contribution in [0.3, 0.4) is 0 Å². The molecule has 1 amide bonds. The van der Waals surface area contributed by atoms with Crippen molar-refractivity contribution in [1.82, 2.24) is 19.6 Å². The van der Waals surface area contributed by atoms with Gasteiger partial charge in [-0.25, -0.2) is 4.98 Å². The Hall–Kier alpha value is -3.66. The molecule has 9 nitrogen and oxygen atoms in total. The van der Waals surface area contributed by atoms with Crippen molar-refractivity contribution >= 4 is 34.7 Å². The van der Waals surface area contributed by atoms with Gasteiger partial charge in [0.15, 0.2) is 0 Å². The van der Waals surface area contributed by atoms with Crippen LogP contribution in [0.1, 0.15) is 22.6 Å². The first-order valence-electron chi connectivity index (χ1n) is 9.72. The number of para-hydroxylation sites is 2. The van der Waals surface area contributed by atoms with Gasteiger partial charge in [-0.15, -0.1) is 11.3 Å². The molecule has 0 spiro atoms. The fraction of sp³-hybridized carbons (Fsp3) is 0.238. The molecule has 3 N–H and O–H groups in total. The number of amides is 1. The number of aromatic amines is 1. The summed E-state index contributed by atoms with van der Waals surface area (Å²) in [5, 5.41) is 10.9. The molecule has 4 aromatic rings. The van der Waals surface area contributed by atoms with Gasteiger partial charge in [-0.1, -0.05) is 18.2 Å². The summed E-state index contributed by atoms with van der Waals surface area (Å²) in [4.78, 5) is 35.3. The molecule has 1 aromatic carbocycles. The van der Waals surface area contributed by atoms with Gasteiger partial charge in [0.05, 0.1) is 25.0 Å². The second-order valence-corrected chi connectivity index (χ2v) is 7.90. The lowest BCUT2D eigenvalue weighted by Gasteiger charge is -2.10. The molecule has 3 heterocycles. The third-order valence-corrected chi connectivity index (χ3v) is 5.66. The summed E-state index contributed by atoms with van der Waals surface area (Å²) in [6, 6.07) is 11.2. The third kappa shape index (κ3) is 4.58. The number of H-pyrrole nitrogens is 1. The minimum absolute atomic E-state index is 0.138. The molecule has 0 unspecified atom stereocenters. The summed E-state index contributed by atoms with van der Waals surface area (Å²) in [5.74, 6) is 1.12. The number of aromatic nitrogens is 4. The Morgan fingerprint density at radius 1 is 1.23 bits per heavy atom. The van der Waals surface area contributed by atoms with Crippen LogP contribution in [-0.2, 0) is 17.8 Å². The Morgan fingerprint density at radius 3 is 2.84 bits per heavy atom. The Balaban J connectivity index is 1.47. The number of carbonyl (C=O) groups is 1. The number of rotatable bonds is 8. The van der Waals surface area contributed by atoms with Crippen molar-refractivity contribution in [3.8, 4) is 5.75 Å². The number of benzene rings is 1. The number of hydrogen-bond donors (Lipinski definition) is 3. The van der Waals surface area contributed by atoms with E-state index in [9.17, 15) is 9.59 Å². The first-order chi connectivity index (χ1) is 15.0. The second-order valence-electron chi connectivity index (χ2n) is 6.87. The van der Waals surface area contributed by atoms with Gasteiger partial charge in [-0.2, -0.15) is 9.50 Å². The lowest BCUT2D eigenvalue weighted by molar-refractivity contribution is -0.116. The molecule has 0 saturated heterocycles. The van der Waals surface area contributed by atoms with Crippen LogP contribution >= 0.6 is 11.3 Å². The van der Waals surface area contributed by atoms with Gasteiger partial charge >= 0.3 is 0 Å². The Kier molecular flexibility index (Phi) is 5.99. The van der Waals surface area contributed by atoms with Gasteiger partial charge < -0.3 is 15.4 Å². The van der Waals surface area contributed by atoms with Crippen LogP contribution < -0.4 is 20.9 Å². The van der Waals surface area contributed by atoms with E-state index in [1.807, 2.05) is 29.6 Å². The molecule has 0 aliphatic rings. The molecule has 0 aliphatic heterocycles. The van der Waals surface area contributed by atoms with Gasteiger partial charge in [0.1, 0.15) is 5.75 Å². The van der Waals surface area contributed by atoms with E-state index >= 15 is 0 Å². The number of hydrogen-bond acceptors (Lipinski definition) is 7. The normalized spacial score (nSPS) is 10.9. The zero-order valence-corrected chi connectivity index (χ0v) is 18.0. The highest BCUT2D eigenvalue weighted by Gasteiger charge is 2.15. The minimum atomic E-state index is -0.260. The van der Waals surface area contributed by atoms with Crippen LogP contribution in [0, 0.1) is 6.92 Å². The Bertz CT molecular complexity index is 1260.